The molecule has 1 unspecified atom stereocenters. The highest BCUT2D eigenvalue weighted by Crippen LogP contribution is 2.32. The molecule has 27 heavy (non-hydrogen) atoms. The summed E-state index contributed by atoms with van der Waals surface area (Å²) in [7, 11) is 1.39. The lowest BCUT2D eigenvalue weighted by Gasteiger charge is -2.24. The molecule has 0 amide bonds. The molecule has 136 valence electrons. The second-order valence-electron chi connectivity index (χ2n) is 6.35. The van der Waals surface area contributed by atoms with Crippen molar-refractivity contribution in [1.82, 2.24) is 0 Å². The lowest BCUT2D eigenvalue weighted by molar-refractivity contribution is 0.0311. The van der Waals surface area contributed by atoms with E-state index in [-0.39, 0.29) is 18.0 Å². The maximum atomic E-state index is 12.4. The van der Waals surface area contributed by atoms with Crippen molar-refractivity contribution >= 4 is 34.5 Å². The molecule has 0 radical (unpaired) electrons. The van der Waals surface area contributed by atoms with Crippen molar-refractivity contribution in [2.45, 2.75) is 17.4 Å². The van der Waals surface area contributed by atoms with Gasteiger partial charge in [-0.3, -0.25) is 0 Å². The van der Waals surface area contributed by atoms with E-state index >= 15 is 0 Å². The molecule has 0 N–H and O–H groups in total. The van der Waals surface area contributed by atoms with Crippen LogP contribution in [-0.4, -0.2) is 30.9 Å². The standard InChI is InChI=1S/C22H18O4S/c1-25-22(24)20-17-8-4-2-6-14(17)10-11-19(20)27-13-16-12-15-7-3-5-9-18(15)21(23)26-16/h2-11,16H,12-13H2,1H3. The number of benzene rings is 3. The van der Waals surface area contributed by atoms with E-state index in [0.29, 0.717) is 23.3 Å². The fourth-order valence-electron chi connectivity index (χ4n) is 3.36. The number of esters is 2. The van der Waals surface area contributed by atoms with Crippen LogP contribution in [0.4, 0.5) is 0 Å². The number of hydrogen-bond acceptors (Lipinski definition) is 5. The monoisotopic (exact) mass is 378 g/mol. The largest absolute Gasteiger partial charge is 0.465 e. The topological polar surface area (TPSA) is 52.6 Å². The highest BCUT2D eigenvalue weighted by molar-refractivity contribution is 7.99. The molecule has 0 saturated carbocycles. The van der Waals surface area contributed by atoms with Crippen molar-refractivity contribution in [2.24, 2.45) is 0 Å². The number of methoxy groups -OCH3 is 1. The Balaban J connectivity index is 1.59. The summed E-state index contributed by atoms with van der Waals surface area (Å²) in [6.07, 6.45) is 0.449. The molecule has 5 heteroatoms. The Morgan fingerprint density at radius 1 is 1.11 bits per heavy atom. The average molecular weight is 378 g/mol. The van der Waals surface area contributed by atoms with E-state index in [0.717, 1.165) is 21.2 Å². The molecule has 0 aromatic heterocycles. The normalized spacial score (nSPS) is 15.9. The molecule has 0 saturated heterocycles. The van der Waals surface area contributed by atoms with Gasteiger partial charge in [0, 0.05) is 17.1 Å². The van der Waals surface area contributed by atoms with Crippen molar-refractivity contribution in [1.29, 1.82) is 0 Å². The molecule has 1 aliphatic heterocycles. The van der Waals surface area contributed by atoms with Crippen LogP contribution in [0.15, 0.2) is 65.6 Å². The molecule has 0 fully saturated rings. The van der Waals surface area contributed by atoms with Crippen molar-refractivity contribution in [3.63, 3.8) is 0 Å². The van der Waals surface area contributed by atoms with Crippen molar-refractivity contribution in [3.8, 4) is 0 Å². The number of thioether (sulfide) groups is 1. The third-order valence-electron chi connectivity index (χ3n) is 4.66. The molecule has 3 aromatic carbocycles. The van der Waals surface area contributed by atoms with Crippen LogP contribution < -0.4 is 0 Å². The minimum absolute atomic E-state index is 0.227. The predicted molar refractivity (Wildman–Crippen MR) is 105 cm³/mol. The first kappa shape index (κ1) is 17.6. The smallest absolute Gasteiger partial charge is 0.339 e. The van der Waals surface area contributed by atoms with Gasteiger partial charge in [0.25, 0.3) is 0 Å². The van der Waals surface area contributed by atoms with E-state index in [1.54, 1.807) is 6.07 Å². The molecule has 0 aliphatic carbocycles. The van der Waals surface area contributed by atoms with E-state index < -0.39 is 0 Å². The molecular formula is C22H18O4S. The van der Waals surface area contributed by atoms with E-state index in [9.17, 15) is 9.59 Å². The Kier molecular flexibility index (Phi) is 4.86. The van der Waals surface area contributed by atoms with Crippen LogP contribution in [-0.2, 0) is 15.9 Å². The first-order chi connectivity index (χ1) is 13.2. The number of fused-ring (bicyclic) bond motifs is 2. The van der Waals surface area contributed by atoms with Crippen LogP contribution >= 0.6 is 11.8 Å². The summed E-state index contributed by atoms with van der Waals surface area (Å²) >= 11 is 1.51. The summed E-state index contributed by atoms with van der Waals surface area (Å²) in [5.74, 6) is -0.0722. The van der Waals surface area contributed by atoms with Crippen molar-refractivity contribution < 1.29 is 19.1 Å². The molecule has 4 nitrogen and oxygen atoms in total. The van der Waals surface area contributed by atoms with Crippen LogP contribution in [0.25, 0.3) is 10.8 Å². The van der Waals surface area contributed by atoms with Gasteiger partial charge in [0.05, 0.1) is 18.2 Å². The van der Waals surface area contributed by atoms with Gasteiger partial charge in [0.1, 0.15) is 6.10 Å². The highest BCUT2D eigenvalue weighted by Gasteiger charge is 2.26. The molecule has 3 aromatic rings. The SMILES string of the molecule is COC(=O)c1c(SCC2Cc3ccccc3C(=O)O2)ccc2ccccc12. The van der Waals surface area contributed by atoms with Crippen LogP contribution in [0, 0.1) is 0 Å². The third kappa shape index (κ3) is 3.43. The van der Waals surface area contributed by atoms with Crippen LogP contribution in [0.3, 0.4) is 0 Å². The fourth-order valence-corrected chi connectivity index (χ4v) is 4.41. The predicted octanol–water partition coefficient (Wildman–Crippen LogP) is 4.50. The fraction of sp³-hybridized carbons (Fsp3) is 0.182. The first-order valence-electron chi connectivity index (χ1n) is 8.69. The van der Waals surface area contributed by atoms with Gasteiger partial charge in [-0.2, -0.15) is 0 Å². The van der Waals surface area contributed by atoms with Crippen LogP contribution in [0.5, 0.6) is 0 Å². The highest BCUT2D eigenvalue weighted by atomic mass is 32.2. The Morgan fingerprint density at radius 3 is 2.74 bits per heavy atom. The first-order valence-corrected chi connectivity index (χ1v) is 9.67. The molecular weight excluding hydrogens is 360 g/mol. The van der Waals surface area contributed by atoms with E-state index in [4.69, 9.17) is 9.47 Å². The zero-order chi connectivity index (χ0) is 18.8. The summed E-state index contributed by atoms with van der Waals surface area (Å²) in [6.45, 7) is 0. The third-order valence-corrected chi connectivity index (χ3v) is 5.85. The number of rotatable bonds is 4. The summed E-state index contributed by atoms with van der Waals surface area (Å²) < 4.78 is 10.6. The minimum atomic E-state index is -0.361. The van der Waals surface area contributed by atoms with Gasteiger partial charge in [0.2, 0.25) is 0 Å². The number of hydrogen-bond donors (Lipinski definition) is 0. The minimum Gasteiger partial charge on any atom is -0.465 e. The van der Waals surface area contributed by atoms with Gasteiger partial charge in [-0.15, -0.1) is 11.8 Å². The van der Waals surface area contributed by atoms with Gasteiger partial charge < -0.3 is 9.47 Å². The molecule has 0 spiro atoms. The number of cyclic esters (lactones) is 1. The Labute approximate surface area is 161 Å². The van der Waals surface area contributed by atoms with Crippen LogP contribution in [0.1, 0.15) is 26.3 Å². The summed E-state index contributed by atoms with van der Waals surface area (Å²) in [5, 5.41) is 1.85. The van der Waals surface area contributed by atoms with Gasteiger partial charge >= 0.3 is 11.9 Å². The quantitative estimate of drug-likeness (QED) is 0.494. The Morgan fingerprint density at radius 2 is 1.89 bits per heavy atom. The summed E-state index contributed by atoms with van der Waals surface area (Å²) in [4.78, 5) is 25.4. The lowest BCUT2D eigenvalue weighted by atomic mass is 9.99. The zero-order valence-corrected chi connectivity index (χ0v) is 15.6. The molecule has 4 rings (SSSR count). The lowest BCUT2D eigenvalue weighted by Crippen LogP contribution is -2.29. The van der Waals surface area contributed by atoms with E-state index in [2.05, 4.69) is 0 Å². The number of carbonyl (C=O) groups is 2. The van der Waals surface area contributed by atoms with Gasteiger partial charge in [-0.1, -0.05) is 48.5 Å². The van der Waals surface area contributed by atoms with Crippen molar-refractivity contribution in [2.75, 3.05) is 12.9 Å². The number of carbonyl (C=O) groups excluding carboxylic acids is 2. The van der Waals surface area contributed by atoms with Gasteiger partial charge in [-0.05, 0) is 28.5 Å². The van der Waals surface area contributed by atoms with Gasteiger partial charge in [-0.25, -0.2) is 9.59 Å². The summed E-state index contributed by atoms with van der Waals surface area (Å²) in [6, 6.07) is 19.2. The second-order valence-corrected chi connectivity index (χ2v) is 7.41. The Hall–Kier alpha value is -2.79. The zero-order valence-electron chi connectivity index (χ0n) is 14.8. The average Bonchev–Trinajstić information content (AvgIpc) is 2.71. The molecule has 1 aliphatic rings. The molecule has 0 bridgehead atoms. The molecule has 1 atom stereocenters. The van der Waals surface area contributed by atoms with E-state index in [1.807, 2.05) is 54.6 Å². The maximum absolute atomic E-state index is 12.4. The van der Waals surface area contributed by atoms with Crippen LogP contribution in [0.2, 0.25) is 0 Å². The Bertz CT molecular complexity index is 1030. The summed E-state index contributed by atoms with van der Waals surface area (Å²) in [5.41, 5.74) is 2.20. The van der Waals surface area contributed by atoms with Gasteiger partial charge in [0.15, 0.2) is 0 Å². The van der Waals surface area contributed by atoms with E-state index in [1.165, 1.54) is 18.9 Å². The molecule has 1 heterocycles. The number of ether oxygens (including phenoxy) is 2. The van der Waals surface area contributed by atoms with Crippen molar-refractivity contribution in [3.05, 3.63) is 77.4 Å². The second kappa shape index (κ2) is 7.45. The maximum Gasteiger partial charge on any atom is 0.339 e.